The summed E-state index contributed by atoms with van der Waals surface area (Å²) in [6, 6.07) is 0. The molecule has 0 atom stereocenters. The van der Waals surface area contributed by atoms with Gasteiger partial charge >= 0.3 is 0 Å². The topological polar surface area (TPSA) is 26.0 Å². The molecule has 3 heteroatoms. The van der Waals surface area contributed by atoms with Crippen molar-refractivity contribution < 1.29 is 37.1 Å². The van der Waals surface area contributed by atoms with Gasteiger partial charge in [-0.15, -0.1) is 0 Å². The summed E-state index contributed by atoms with van der Waals surface area (Å²) >= 11 is 0. The van der Waals surface area contributed by atoms with E-state index in [0.29, 0.717) is 5.92 Å². The van der Waals surface area contributed by atoms with Gasteiger partial charge in [-0.3, -0.25) is 0 Å². The second-order valence-corrected chi connectivity index (χ2v) is 1.97. The molecule has 0 spiro atoms. The van der Waals surface area contributed by atoms with E-state index in [1.807, 2.05) is 13.8 Å². The largest absolute Gasteiger partial charge is 0.630 e. The van der Waals surface area contributed by atoms with Crippen LogP contribution in [-0.2, 0) is 32.7 Å². The summed E-state index contributed by atoms with van der Waals surface area (Å²) in [5.74, 6) is 1.13. The first-order valence-electron chi connectivity index (χ1n) is 2.62. The Kier molecular flexibility index (Phi) is 4.33. The van der Waals surface area contributed by atoms with Crippen molar-refractivity contribution >= 4 is 0 Å². The molecule has 1 aromatic heterocycles. The van der Waals surface area contributed by atoms with Gasteiger partial charge in [0.05, 0.1) is 0 Å². The summed E-state index contributed by atoms with van der Waals surface area (Å²) in [7, 11) is 0. The molecule has 0 fully saturated rings. The summed E-state index contributed by atoms with van der Waals surface area (Å²) in [5.41, 5.74) is 0. The minimum Gasteiger partial charge on any atom is -0.630 e. The minimum atomic E-state index is 0. The van der Waals surface area contributed by atoms with Crippen LogP contribution >= 0.6 is 0 Å². The molecule has 47 valence electrons. The molecule has 9 heavy (non-hydrogen) atoms. The van der Waals surface area contributed by atoms with Gasteiger partial charge in [0.1, 0.15) is 0 Å². The molecular weight excluding hydrogens is 191 g/mol. The van der Waals surface area contributed by atoms with Crippen LogP contribution in [0.25, 0.3) is 0 Å². The number of aromatic nitrogens is 1. The second kappa shape index (κ2) is 4.18. The van der Waals surface area contributed by atoms with E-state index < -0.39 is 0 Å². The zero-order chi connectivity index (χ0) is 5.98. The third-order valence-electron chi connectivity index (χ3n) is 0.902. The Morgan fingerprint density at radius 2 is 2.33 bits per heavy atom. The van der Waals surface area contributed by atoms with Crippen LogP contribution in [0.5, 0.6) is 0 Å². The van der Waals surface area contributed by atoms with Gasteiger partial charge in [0.25, 0.3) is 0 Å². The Bertz CT molecular complexity index is 148. The van der Waals surface area contributed by atoms with Crippen molar-refractivity contribution in [2.24, 2.45) is 0 Å². The number of hydrogen-bond acceptors (Lipinski definition) is 2. The molecule has 0 aliphatic carbocycles. The first-order valence-corrected chi connectivity index (χ1v) is 2.62. The molecule has 0 aliphatic heterocycles. The molecule has 2 nitrogen and oxygen atoms in total. The van der Waals surface area contributed by atoms with Crippen molar-refractivity contribution in [1.82, 2.24) is 4.98 Å². The van der Waals surface area contributed by atoms with Crippen LogP contribution in [0.1, 0.15) is 25.7 Å². The summed E-state index contributed by atoms with van der Waals surface area (Å²) < 4.78 is 4.86. The fourth-order valence-electron chi connectivity index (χ4n) is 0.470. The summed E-state index contributed by atoms with van der Waals surface area (Å²) in [6.45, 7) is 4.05. The van der Waals surface area contributed by atoms with Crippen LogP contribution in [0, 0.1) is 6.26 Å². The normalized spacial score (nSPS) is 9.22. The zero-order valence-corrected chi connectivity index (χ0v) is 8.43. The fraction of sp³-hybridized carbons (Fsp3) is 0.500. The van der Waals surface area contributed by atoms with Crippen LogP contribution in [0.15, 0.2) is 10.6 Å². The van der Waals surface area contributed by atoms with E-state index in [1.165, 1.54) is 6.20 Å². The van der Waals surface area contributed by atoms with E-state index in [-0.39, 0.29) is 32.7 Å². The van der Waals surface area contributed by atoms with Crippen LogP contribution < -0.4 is 0 Å². The van der Waals surface area contributed by atoms with Crippen molar-refractivity contribution in [2.75, 3.05) is 0 Å². The summed E-state index contributed by atoms with van der Waals surface area (Å²) in [4.78, 5) is 3.89. The number of hydrogen-bond donors (Lipinski definition) is 0. The van der Waals surface area contributed by atoms with E-state index in [4.69, 9.17) is 4.42 Å². The monoisotopic (exact) mass is 199 g/mol. The molecule has 1 rings (SSSR count). The van der Waals surface area contributed by atoms with E-state index in [2.05, 4.69) is 11.2 Å². The molecule has 0 aliphatic rings. The zero-order valence-electron chi connectivity index (χ0n) is 5.59. The average molecular weight is 199 g/mol. The summed E-state index contributed by atoms with van der Waals surface area (Å²) in [5, 5.41) is 0. The SMILES string of the molecule is CC(C)c1nc[c-]o1.[Y]. The maximum atomic E-state index is 4.86. The maximum absolute atomic E-state index is 4.86. The Labute approximate surface area is 79.9 Å². The third-order valence-corrected chi connectivity index (χ3v) is 0.902. The molecule has 1 aromatic rings. The first kappa shape index (κ1) is 9.31. The Morgan fingerprint density at radius 3 is 2.56 bits per heavy atom. The molecule has 1 heterocycles. The second-order valence-electron chi connectivity index (χ2n) is 1.97. The Morgan fingerprint density at radius 1 is 1.67 bits per heavy atom. The molecule has 0 amide bonds. The van der Waals surface area contributed by atoms with E-state index in [1.54, 1.807) is 0 Å². The molecule has 1 radical (unpaired) electrons. The summed E-state index contributed by atoms with van der Waals surface area (Å²) in [6.07, 6.45) is 4.06. The standard InChI is InChI=1S/C6H8NO.Y/c1-5(2)6-7-3-4-8-6;/h3,5H,1-2H3;/q-1;. The van der Waals surface area contributed by atoms with Crippen LogP contribution in [0.3, 0.4) is 0 Å². The third kappa shape index (κ3) is 2.59. The fourth-order valence-corrected chi connectivity index (χ4v) is 0.470. The van der Waals surface area contributed by atoms with Gasteiger partial charge in [0.15, 0.2) is 0 Å². The molecular formula is C6H8NOY-. The Balaban J connectivity index is 0.000000640. The van der Waals surface area contributed by atoms with Crippen molar-refractivity contribution in [3.63, 3.8) is 0 Å². The van der Waals surface area contributed by atoms with Crippen molar-refractivity contribution in [3.05, 3.63) is 18.4 Å². The van der Waals surface area contributed by atoms with E-state index in [9.17, 15) is 0 Å². The molecule has 0 aromatic carbocycles. The first-order chi connectivity index (χ1) is 3.80. The van der Waals surface area contributed by atoms with Gasteiger partial charge < -0.3 is 9.40 Å². The predicted octanol–water partition coefficient (Wildman–Crippen LogP) is 1.60. The van der Waals surface area contributed by atoms with E-state index in [0.717, 1.165) is 5.89 Å². The minimum absolute atomic E-state index is 0. The molecule has 0 unspecified atom stereocenters. The van der Waals surface area contributed by atoms with Gasteiger partial charge in [0, 0.05) is 38.6 Å². The van der Waals surface area contributed by atoms with Crippen LogP contribution in [0.4, 0.5) is 0 Å². The van der Waals surface area contributed by atoms with Gasteiger partial charge in [-0.05, 0) is 12.1 Å². The van der Waals surface area contributed by atoms with Crippen molar-refractivity contribution in [3.8, 4) is 0 Å². The molecule has 0 bridgehead atoms. The van der Waals surface area contributed by atoms with Crippen LogP contribution in [0.2, 0.25) is 0 Å². The van der Waals surface area contributed by atoms with Crippen molar-refractivity contribution in [2.45, 2.75) is 19.8 Å². The van der Waals surface area contributed by atoms with E-state index >= 15 is 0 Å². The number of nitrogens with zero attached hydrogens (tertiary/aromatic N) is 1. The van der Waals surface area contributed by atoms with Gasteiger partial charge in [-0.2, -0.15) is 0 Å². The quantitative estimate of drug-likeness (QED) is 0.642. The molecule has 0 N–H and O–H groups in total. The maximum Gasteiger partial charge on any atom is 0.0362 e. The van der Waals surface area contributed by atoms with Gasteiger partial charge in [-0.25, -0.2) is 0 Å². The number of oxazole rings is 1. The molecule has 0 saturated carbocycles. The average Bonchev–Trinajstić information content (AvgIpc) is 2.12. The van der Waals surface area contributed by atoms with Gasteiger partial charge in [0.2, 0.25) is 0 Å². The van der Waals surface area contributed by atoms with Gasteiger partial charge in [-0.1, -0.05) is 20.1 Å². The van der Waals surface area contributed by atoms with Crippen LogP contribution in [-0.4, -0.2) is 4.98 Å². The Hall–Kier alpha value is 0.314. The van der Waals surface area contributed by atoms with Crippen molar-refractivity contribution in [1.29, 1.82) is 0 Å². The predicted molar refractivity (Wildman–Crippen MR) is 29.4 cm³/mol. The number of rotatable bonds is 1. The molecule has 0 saturated heterocycles. The smallest absolute Gasteiger partial charge is 0.0362 e.